The fraction of sp³-hybridized carbons (Fsp3) is 0.355. The number of carbonyl (C=O) groups excluding carboxylic acids is 2. The Morgan fingerprint density at radius 1 is 0.933 bits per heavy atom. The number of nitrogens with one attached hydrogen (secondary N) is 1. The minimum Gasteiger partial charge on any atom is -0.354 e. The highest BCUT2D eigenvalue weighted by atomic mass is 35.5. The van der Waals surface area contributed by atoms with Crippen molar-refractivity contribution >= 4 is 62.3 Å². The summed E-state index contributed by atoms with van der Waals surface area (Å²) in [4.78, 5) is 28.4. The molecule has 1 atom stereocenters. The number of amides is 2. The number of anilines is 1. The normalized spacial score (nSPS) is 12.5. The van der Waals surface area contributed by atoms with Gasteiger partial charge in [-0.15, -0.1) is 0 Å². The maximum atomic E-state index is 14.2. The first-order chi connectivity index (χ1) is 21.1. The van der Waals surface area contributed by atoms with Gasteiger partial charge in [0.1, 0.15) is 12.6 Å². The van der Waals surface area contributed by atoms with E-state index in [1.165, 1.54) is 24.3 Å². The van der Waals surface area contributed by atoms with E-state index in [4.69, 9.17) is 34.8 Å². The van der Waals surface area contributed by atoms with Crippen molar-refractivity contribution in [2.45, 2.75) is 63.7 Å². The molecular formula is C31H33Cl3F3N3O4S. The van der Waals surface area contributed by atoms with Gasteiger partial charge >= 0.3 is 6.18 Å². The van der Waals surface area contributed by atoms with Gasteiger partial charge in [-0.1, -0.05) is 78.8 Å². The average molecular weight is 707 g/mol. The van der Waals surface area contributed by atoms with Crippen LogP contribution in [0.3, 0.4) is 0 Å². The molecule has 1 unspecified atom stereocenters. The Balaban J connectivity index is 2.17. The molecule has 14 heteroatoms. The molecule has 3 aromatic carbocycles. The van der Waals surface area contributed by atoms with Gasteiger partial charge in [0.2, 0.25) is 11.8 Å². The van der Waals surface area contributed by atoms with Crippen molar-refractivity contribution in [3.8, 4) is 0 Å². The van der Waals surface area contributed by atoms with Crippen LogP contribution in [-0.4, -0.2) is 44.3 Å². The molecule has 0 aliphatic heterocycles. The number of nitrogens with zero attached hydrogens (tertiary/aromatic N) is 2. The Bertz CT molecular complexity index is 1600. The molecule has 1 N–H and O–H groups in total. The van der Waals surface area contributed by atoms with Crippen LogP contribution < -0.4 is 9.62 Å². The molecule has 0 aliphatic rings. The Hall–Kier alpha value is -2.99. The molecule has 2 amide bonds. The van der Waals surface area contributed by atoms with Crippen LogP contribution in [0.4, 0.5) is 18.9 Å². The summed E-state index contributed by atoms with van der Waals surface area (Å²) in [6.07, 6.45) is -3.28. The number of alkyl halides is 3. The number of benzene rings is 3. The summed E-state index contributed by atoms with van der Waals surface area (Å²) in [6.45, 7) is 4.48. The quantitative estimate of drug-likeness (QED) is 0.183. The lowest BCUT2D eigenvalue weighted by Gasteiger charge is -2.33. The van der Waals surface area contributed by atoms with Gasteiger partial charge < -0.3 is 10.2 Å². The molecular weight excluding hydrogens is 674 g/mol. The van der Waals surface area contributed by atoms with Gasteiger partial charge in [0.25, 0.3) is 10.0 Å². The highest BCUT2D eigenvalue weighted by molar-refractivity contribution is 7.92. The van der Waals surface area contributed by atoms with Gasteiger partial charge in [-0.2, -0.15) is 13.2 Å². The van der Waals surface area contributed by atoms with Crippen LogP contribution in [0.5, 0.6) is 0 Å². The molecule has 0 bridgehead atoms. The largest absolute Gasteiger partial charge is 0.417 e. The van der Waals surface area contributed by atoms with Gasteiger partial charge in [0, 0.05) is 28.7 Å². The monoisotopic (exact) mass is 705 g/mol. The molecule has 0 heterocycles. The first-order valence-electron chi connectivity index (χ1n) is 14.1. The third-order valence-electron chi connectivity index (χ3n) is 7.04. The first kappa shape index (κ1) is 36.5. The summed E-state index contributed by atoms with van der Waals surface area (Å²) in [5.74, 6) is -1.36. The number of hydrogen-bond donors (Lipinski definition) is 1. The van der Waals surface area contributed by atoms with E-state index < -0.39 is 56.9 Å². The van der Waals surface area contributed by atoms with Crippen molar-refractivity contribution in [2.24, 2.45) is 0 Å². The van der Waals surface area contributed by atoms with Crippen LogP contribution >= 0.6 is 34.8 Å². The number of sulfonamides is 1. The van der Waals surface area contributed by atoms with E-state index in [9.17, 15) is 31.2 Å². The molecule has 0 aromatic heterocycles. The van der Waals surface area contributed by atoms with Gasteiger partial charge in [0.15, 0.2) is 0 Å². The number of unbranched alkanes of at least 4 members (excludes halogenated alkanes) is 1. The van der Waals surface area contributed by atoms with E-state index in [1.807, 2.05) is 6.92 Å². The minimum atomic E-state index is -4.91. The number of rotatable bonds is 13. The standard InChI is InChI=1S/C31H33Cl3F3N3O4S/c1-4-6-16-38-30(42)28(5-2)39(18-23-25(32)8-7-9-26(23)33)29(41)19-40(45(43,44)22-13-10-20(3)11-14-22)21-12-15-27(34)24(17-21)31(35,36)37/h7-15,17,28H,4-6,16,18-19H2,1-3H3,(H,38,42). The lowest BCUT2D eigenvalue weighted by Crippen LogP contribution is -2.52. The molecule has 0 radical (unpaired) electrons. The molecule has 7 nitrogen and oxygen atoms in total. The first-order valence-corrected chi connectivity index (χ1v) is 16.6. The zero-order chi connectivity index (χ0) is 33.5. The minimum absolute atomic E-state index is 0.135. The summed E-state index contributed by atoms with van der Waals surface area (Å²) in [5.41, 5.74) is -0.672. The number of carbonyl (C=O) groups is 2. The van der Waals surface area contributed by atoms with E-state index in [0.717, 1.165) is 29.0 Å². The van der Waals surface area contributed by atoms with Crippen LogP contribution in [0.25, 0.3) is 0 Å². The van der Waals surface area contributed by atoms with Crippen molar-refractivity contribution in [3.63, 3.8) is 0 Å². The van der Waals surface area contributed by atoms with Gasteiger partial charge in [-0.25, -0.2) is 8.42 Å². The molecule has 0 spiro atoms. The van der Waals surface area contributed by atoms with Crippen LogP contribution in [0.1, 0.15) is 49.8 Å². The Labute approximate surface area is 276 Å². The average Bonchev–Trinajstić information content (AvgIpc) is 2.97. The second-order valence-corrected chi connectivity index (χ2v) is 13.4. The second kappa shape index (κ2) is 15.5. The van der Waals surface area contributed by atoms with E-state index in [1.54, 1.807) is 32.0 Å². The molecule has 0 aliphatic carbocycles. The summed E-state index contributed by atoms with van der Waals surface area (Å²) < 4.78 is 70.0. The smallest absolute Gasteiger partial charge is 0.354 e. The Kier molecular flexibility index (Phi) is 12.6. The third-order valence-corrected chi connectivity index (χ3v) is 9.86. The third kappa shape index (κ3) is 9.06. The lowest BCUT2D eigenvalue weighted by atomic mass is 10.1. The maximum Gasteiger partial charge on any atom is 0.417 e. The van der Waals surface area contributed by atoms with Crippen molar-refractivity contribution in [2.75, 3.05) is 17.4 Å². The molecule has 244 valence electrons. The van der Waals surface area contributed by atoms with Crippen molar-refractivity contribution in [3.05, 3.63) is 92.4 Å². The molecule has 0 fully saturated rings. The molecule has 3 rings (SSSR count). The van der Waals surface area contributed by atoms with Crippen molar-refractivity contribution in [1.29, 1.82) is 0 Å². The Morgan fingerprint density at radius 2 is 1.56 bits per heavy atom. The number of aryl methyl sites for hydroxylation is 1. The van der Waals surface area contributed by atoms with Gasteiger partial charge in [0.05, 0.1) is 21.2 Å². The summed E-state index contributed by atoms with van der Waals surface area (Å²) in [6, 6.07) is 11.8. The van der Waals surface area contributed by atoms with E-state index in [-0.39, 0.29) is 27.9 Å². The van der Waals surface area contributed by atoms with E-state index in [2.05, 4.69) is 5.32 Å². The van der Waals surface area contributed by atoms with E-state index >= 15 is 0 Å². The molecule has 0 saturated carbocycles. The zero-order valence-electron chi connectivity index (χ0n) is 24.8. The van der Waals surface area contributed by atoms with Gasteiger partial charge in [-0.3, -0.25) is 13.9 Å². The summed E-state index contributed by atoms with van der Waals surface area (Å²) in [5, 5.41) is 2.56. The van der Waals surface area contributed by atoms with Crippen LogP contribution in [0.2, 0.25) is 15.1 Å². The predicted molar refractivity (Wildman–Crippen MR) is 171 cm³/mol. The van der Waals surface area contributed by atoms with Crippen LogP contribution in [0.15, 0.2) is 65.6 Å². The molecule has 0 saturated heterocycles. The van der Waals surface area contributed by atoms with Crippen molar-refractivity contribution < 1.29 is 31.2 Å². The van der Waals surface area contributed by atoms with E-state index in [0.29, 0.717) is 28.9 Å². The number of hydrogen-bond acceptors (Lipinski definition) is 4. The highest BCUT2D eigenvalue weighted by Crippen LogP contribution is 2.38. The summed E-state index contributed by atoms with van der Waals surface area (Å²) >= 11 is 18.6. The molecule has 3 aromatic rings. The van der Waals surface area contributed by atoms with Crippen LogP contribution in [0, 0.1) is 6.92 Å². The fourth-order valence-corrected chi connectivity index (χ4v) is 6.68. The second-order valence-electron chi connectivity index (χ2n) is 10.3. The highest BCUT2D eigenvalue weighted by Gasteiger charge is 2.37. The van der Waals surface area contributed by atoms with Crippen LogP contribution in [-0.2, 0) is 32.3 Å². The topological polar surface area (TPSA) is 86.8 Å². The summed E-state index contributed by atoms with van der Waals surface area (Å²) in [7, 11) is -4.61. The van der Waals surface area contributed by atoms with Crippen molar-refractivity contribution in [1.82, 2.24) is 10.2 Å². The fourth-order valence-electron chi connectivity index (χ4n) is 4.53. The zero-order valence-corrected chi connectivity index (χ0v) is 27.9. The number of halogens is 6. The maximum absolute atomic E-state index is 14.2. The lowest BCUT2D eigenvalue weighted by molar-refractivity contribution is -0.140. The Morgan fingerprint density at radius 3 is 2.11 bits per heavy atom. The predicted octanol–water partition coefficient (Wildman–Crippen LogP) is 7.89. The van der Waals surface area contributed by atoms with Gasteiger partial charge in [-0.05, 0) is 62.2 Å². The molecule has 45 heavy (non-hydrogen) atoms. The SMILES string of the molecule is CCCCNC(=O)C(CC)N(Cc1c(Cl)cccc1Cl)C(=O)CN(c1ccc(Cl)c(C(F)(F)F)c1)S(=O)(=O)c1ccc(C)cc1.